The number of rotatable bonds is 15. The lowest BCUT2D eigenvalue weighted by atomic mass is 9.88. The first-order valence-corrected chi connectivity index (χ1v) is 17.9. The van der Waals surface area contributed by atoms with Crippen LogP contribution in [-0.2, 0) is 33.8 Å². The Hall–Kier alpha value is -1.82. The molecule has 0 bridgehead atoms. The van der Waals surface area contributed by atoms with E-state index in [2.05, 4.69) is 59.8 Å². The first kappa shape index (κ1) is 42.2. The van der Waals surface area contributed by atoms with Gasteiger partial charge in [-0.05, 0) is 36.8 Å². The summed E-state index contributed by atoms with van der Waals surface area (Å²) < 4.78 is 29.3. The lowest BCUT2D eigenvalue weighted by Crippen LogP contribution is -2.21. The Labute approximate surface area is 273 Å². The number of fused-ring (bicyclic) bond motifs is 2. The molecule has 3 atom stereocenters. The molecule has 3 aliphatic rings. The Morgan fingerprint density at radius 3 is 2.09 bits per heavy atom. The second kappa shape index (κ2) is 25.4. The molecule has 0 aromatic heterocycles. The van der Waals surface area contributed by atoms with E-state index in [1.165, 1.54) is 56.1 Å². The Bertz CT molecular complexity index is 920. The monoisotopic (exact) mass is 619 g/mol. The standard InChI is InChI=1S/C27H38O5.C5H12.C3H8.2C2H6/c1-5-7-19(6-2)20-8-10-27(16-22(27)14-20)32-13-12-31-26-21(17-28-3)15-25-23(9-11-30-25)24(26)18-29-4;1-3-5-4-2;1-3-2;2*1-2/h8,10,14-15,19,22H,5-7,9,11-13,16-18H2,1-4H3;3-5H2,1-2H3;3H2,1-2H3;2*1-2H3/t19?,22?,27-;;;;/m0..../s1. The SMILES string of the molecule is CC.CC.CCC.CCCC(CC)C1=CC2C[C@@]2(OCCOc2c(COC)cc3c(c2COC)CCO3)C=C1.CCCCC. The fraction of sp³-hybridized carbons (Fsp3) is 0.744. The number of benzene rings is 1. The normalized spacial score (nSPS) is 19.0. The third-order valence-electron chi connectivity index (χ3n) is 7.70. The van der Waals surface area contributed by atoms with Crippen molar-refractivity contribution in [1.29, 1.82) is 0 Å². The van der Waals surface area contributed by atoms with E-state index < -0.39 is 0 Å². The van der Waals surface area contributed by atoms with Crippen LogP contribution < -0.4 is 9.47 Å². The van der Waals surface area contributed by atoms with Crippen molar-refractivity contribution in [1.82, 2.24) is 0 Å². The van der Waals surface area contributed by atoms with E-state index in [-0.39, 0.29) is 5.60 Å². The van der Waals surface area contributed by atoms with Gasteiger partial charge in [0.1, 0.15) is 18.1 Å². The van der Waals surface area contributed by atoms with Gasteiger partial charge >= 0.3 is 0 Å². The van der Waals surface area contributed by atoms with Gasteiger partial charge in [0.15, 0.2) is 0 Å². The van der Waals surface area contributed by atoms with Crippen LogP contribution in [0.4, 0.5) is 0 Å². The van der Waals surface area contributed by atoms with Crippen LogP contribution in [0.15, 0.2) is 29.9 Å². The number of allylic oxidation sites excluding steroid dienone is 2. The van der Waals surface area contributed by atoms with E-state index in [0.29, 0.717) is 44.9 Å². The molecule has 2 unspecified atom stereocenters. The van der Waals surface area contributed by atoms with Gasteiger partial charge in [0.25, 0.3) is 0 Å². The second-order valence-corrected chi connectivity index (χ2v) is 11.2. The summed E-state index contributed by atoms with van der Waals surface area (Å²) in [6, 6.07) is 2.05. The summed E-state index contributed by atoms with van der Waals surface area (Å²) in [6.07, 6.45) is 18.1. The number of ether oxygens (including phenoxy) is 5. The van der Waals surface area contributed by atoms with Crippen LogP contribution in [0.25, 0.3) is 0 Å². The molecule has 2 aliphatic carbocycles. The molecule has 0 amide bonds. The van der Waals surface area contributed by atoms with Gasteiger partial charge in [0, 0.05) is 43.2 Å². The molecule has 1 saturated carbocycles. The maximum atomic E-state index is 6.34. The van der Waals surface area contributed by atoms with Crippen molar-refractivity contribution in [2.24, 2.45) is 11.8 Å². The summed E-state index contributed by atoms with van der Waals surface area (Å²) >= 11 is 0. The minimum absolute atomic E-state index is 0.117. The summed E-state index contributed by atoms with van der Waals surface area (Å²) in [4.78, 5) is 0. The molecule has 4 rings (SSSR count). The minimum atomic E-state index is -0.117. The van der Waals surface area contributed by atoms with E-state index in [9.17, 15) is 0 Å². The third kappa shape index (κ3) is 13.3. The molecular weight excluding hydrogens is 548 g/mol. The molecule has 44 heavy (non-hydrogen) atoms. The van der Waals surface area contributed by atoms with Crippen molar-refractivity contribution in [2.45, 2.75) is 146 Å². The van der Waals surface area contributed by atoms with Crippen molar-refractivity contribution in [2.75, 3.05) is 34.0 Å². The zero-order valence-corrected chi connectivity index (χ0v) is 30.9. The molecule has 0 spiro atoms. The molecule has 5 nitrogen and oxygen atoms in total. The summed E-state index contributed by atoms with van der Waals surface area (Å²) in [5.41, 5.74) is 4.64. The molecular formula is C39H70O5. The van der Waals surface area contributed by atoms with E-state index >= 15 is 0 Å². The quantitative estimate of drug-likeness (QED) is 0.183. The Morgan fingerprint density at radius 1 is 0.909 bits per heavy atom. The smallest absolute Gasteiger partial charge is 0.131 e. The van der Waals surface area contributed by atoms with Crippen molar-refractivity contribution in [3.05, 3.63) is 46.6 Å². The largest absolute Gasteiger partial charge is 0.493 e. The molecule has 0 radical (unpaired) electrons. The van der Waals surface area contributed by atoms with Crippen LogP contribution in [0.5, 0.6) is 11.5 Å². The molecule has 1 aromatic carbocycles. The third-order valence-corrected chi connectivity index (χ3v) is 7.70. The highest BCUT2D eigenvalue weighted by Crippen LogP contribution is 2.53. The molecule has 256 valence electrons. The van der Waals surface area contributed by atoms with Crippen LogP contribution in [0.3, 0.4) is 0 Å². The first-order chi connectivity index (χ1) is 21.5. The lowest BCUT2D eigenvalue weighted by Gasteiger charge is -2.22. The van der Waals surface area contributed by atoms with Gasteiger partial charge < -0.3 is 23.7 Å². The molecule has 0 saturated heterocycles. The summed E-state index contributed by atoms with van der Waals surface area (Å²) in [5, 5.41) is 0. The predicted molar refractivity (Wildman–Crippen MR) is 189 cm³/mol. The number of unbranched alkanes of at least 4 members (excludes halogenated alkanes) is 2. The van der Waals surface area contributed by atoms with Crippen molar-refractivity contribution in [3.63, 3.8) is 0 Å². The zero-order valence-electron chi connectivity index (χ0n) is 30.9. The van der Waals surface area contributed by atoms with E-state index in [4.69, 9.17) is 23.7 Å². The van der Waals surface area contributed by atoms with Crippen molar-refractivity contribution < 1.29 is 23.7 Å². The molecule has 1 aliphatic heterocycles. The highest BCUT2D eigenvalue weighted by molar-refractivity contribution is 5.55. The number of hydrogen-bond acceptors (Lipinski definition) is 5. The van der Waals surface area contributed by atoms with Gasteiger partial charge in [-0.2, -0.15) is 0 Å². The minimum Gasteiger partial charge on any atom is -0.493 e. The van der Waals surface area contributed by atoms with Crippen molar-refractivity contribution in [3.8, 4) is 11.5 Å². The van der Waals surface area contributed by atoms with E-state index in [1.54, 1.807) is 14.2 Å². The summed E-state index contributed by atoms with van der Waals surface area (Å²) in [5.74, 6) is 2.98. The average Bonchev–Trinajstić information content (AvgIpc) is 3.57. The second-order valence-electron chi connectivity index (χ2n) is 11.2. The van der Waals surface area contributed by atoms with Gasteiger partial charge in [-0.15, -0.1) is 0 Å². The van der Waals surface area contributed by atoms with Crippen molar-refractivity contribution >= 4 is 0 Å². The number of hydrogen-bond donors (Lipinski definition) is 0. The van der Waals surface area contributed by atoms with E-state index in [0.717, 1.165) is 35.5 Å². The average molecular weight is 619 g/mol. The van der Waals surface area contributed by atoms with Crippen LogP contribution in [0, 0.1) is 11.8 Å². The van der Waals surface area contributed by atoms with Crippen LogP contribution in [0.1, 0.15) is 137 Å². The maximum absolute atomic E-state index is 6.34. The highest BCUT2D eigenvalue weighted by Gasteiger charge is 2.53. The molecule has 1 fully saturated rings. The first-order valence-electron chi connectivity index (χ1n) is 17.9. The molecule has 1 heterocycles. The number of methoxy groups -OCH3 is 2. The topological polar surface area (TPSA) is 46.2 Å². The van der Waals surface area contributed by atoms with Crippen LogP contribution in [-0.4, -0.2) is 39.6 Å². The Morgan fingerprint density at radius 2 is 1.57 bits per heavy atom. The van der Waals surface area contributed by atoms with E-state index in [1.807, 2.05) is 33.8 Å². The van der Waals surface area contributed by atoms with Gasteiger partial charge in [-0.3, -0.25) is 0 Å². The van der Waals surface area contributed by atoms with Gasteiger partial charge in [0.05, 0.1) is 32.0 Å². The van der Waals surface area contributed by atoms with Gasteiger partial charge in [0.2, 0.25) is 0 Å². The summed E-state index contributed by atoms with van der Waals surface area (Å²) in [6.45, 7) is 24.0. The molecule has 1 aromatic rings. The predicted octanol–water partition coefficient (Wildman–Crippen LogP) is 11.1. The summed E-state index contributed by atoms with van der Waals surface area (Å²) in [7, 11) is 3.41. The highest BCUT2D eigenvalue weighted by atomic mass is 16.5. The molecule has 0 N–H and O–H groups in total. The Balaban J connectivity index is 0.00000134. The zero-order chi connectivity index (χ0) is 33.4. The van der Waals surface area contributed by atoms with Crippen LogP contribution in [0.2, 0.25) is 0 Å². The van der Waals surface area contributed by atoms with Gasteiger partial charge in [-0.1, -0.05) is 120 Å². The molecule has 5 heteroatoms. The fourth-order valence-corrected chi connectivity index (χ4v) is 5.57. The Kier molecular flexibility index (Phi) is 24.3. The maximum Gasteiger partial charge on any atom is 0.131 e. The lowest BCUT2D eigenvalue weighted by molar-refractivity contribution is 0.0367. The van der Waals surface area contributed by atoms with Gasteiger partial charge in [-0.25, -0.2) is 0 Å². The van der Waals surface area contributed by atoms with Crippen LogP contribution >= 0.6 is 0 Å². The fourth-order valence-electron chi connectivity index (χ4n) is 5.57.